The molecule has 0 aliphatic heterocycles. The topological polar surface area (TPSA) is 17.8 Å². The maximum absolute atomic E-state index is 4.40. The Kier molecular flexibility index (Phi) is 6.93. The van der Waals surface area contributed by atoms with E-state index in [-0.39, 0.29) is 0 Å². The van der Waals surface area contributed by atoms with Crippen molar-refractivity contribution in [3.63, 3.8) is 0 Å². The maximum Gasteiger partial charge on any atom is 0.0645 e. The van der Waals surface area contributed by atoms with E-state index in [4.69, 9.17) is 0 Å². The molecule has 0 atom stereocenters. The molecule has 2 heteroatoms. The van der Waals surface area contributed by atoms with Gasteiger partial charge in [0.25, 0.3) is 0 Å². The van der Waals surface area contributed by atoms with Crippen molar-refractivity contribution in [2.45, 2.75) is 34.6 Å². The van der Waals surface area contributed by atoms with Gasteiger partial charge in [-0.1, -0.05) is 32.6 Å². The van der Waals surface area contributed by atoms with Gasteiger partial charge in [-0.25, -0.2) is 4.68 Å². The first kappa shape index (κ1) is 14.4. The zero-order valence-corrected chi connectivity index (χ0v) is 11.0. The summed E-state index contributed by atoms with van der Waals surface area (Å²) in [5.74, 6) is 0. The Labute approximate surface area is 99.0 Å². The normalized spacial score (nSPS) is 11.2. The fraction of sp³-hybridized carbons (Fsp3) is 0.357. The summed E-state index contributed by atoms with van der Waals surface area (Å²) in [5.41, 5.74) is 3.20. The molecule has 0 aliphatic rings. The highest BCUT2D eigenvalue weighted by Gasteiger charge is 2.02. The highest BCUT2D eigenvalue weighted by atomic mass is 15.3. The van der Waals surface area contributed by atoms with Gasteiger partial charge in [0.1, 0.15) is 0 Å². The molecule has 2 nitrogen and oxygen atoms in total. The van der Waals surface area contributed by atoms with Crippen LogP contribution in [0.5, 0.6) is 0 Å². The van der Waals surface area contributed by atoms with Gasteiger partial charge in [0.2, 0.25) is 0 Å². The van der Waals surface area contributed by atoms with E-state index in [0.717, 1.165) is 17.1 Å². The molecule has 0 fully saturated rings. The second-order valence-corrected chi connectivity index (χ2v) is 3.17. The van der Waals surface area contributed by atoms with Gasteiger partial charge >= 0.3 is 0 Å². The molecule has 0 radical (unpaired) electrons. The zero-order chi connectivity index (χ0) is 12.6. The van der Waals surface area contributed by atoms with Crippen molar-refractivity contribution in [1.82, 2.24) is 9.78 Å². The fourth-order valence-corrected chi connectivity index (χ4v) is 1.38. The molecule has 0 spiro atoms. The molecule has 0 unspecified atom stereocenters. The van der Waals surface area contributed by atoms with Crippen LogP contribution in [0, 0.1) is 13.8 Å². The molecule has 16 heavy (non-hydrogen) atoms. The van der Waals surface area contributed by atoms with Crippen LogP contribution < -0.4 is 0 Å². The Morgan fingerprint density at radius 2 is 2.00 bits per heavy atom. The van der Waals surface area contributed by atoms with Crippen LogP contribution >= 0.6 is 0 Å². The summed E-state index contributed by atoms with van der Waals surface area (Å²) in [5, 5.41) is 4.40. The fourth-order valence-electron chi connectivity index (χ4n) is 1.38. The lowest BCUT2D eigenvalue weighted by Crippen LogP contribution is -1.99. The van der Waals surface area contributed by atoms with Crippen LogP contribution in [-0.4, -0.2) is 9.78 Å². The number of aromatic nitrogens is 2. The lowest BCUT2D eigenvalue weighted by atomic mass is 10.3. The van der Waals surface area contributed by atoms with Gasteiger partial charge in [0.05, 0.1) is 11.4 Å². The van der Waals surface area contributed by atoms with Crippen molar-refractivity contribution in [3.05, 3.63) is 48.3 Å². The van der Waals surface area contributed by atoms with Crippen LogP contribution in [0.1, 0.15) is 32.2 Å². The summed E-state index contributed by atoms with van der Waals surface area (Å²) in [6.45, 7) is 13.7. The SMILES string of the molecule is C=C/C=C(\C=C/C)n1nc(C)cc1C.CC. The van der Waals surface area contributed by atoms with E-state index in [0.29, 0.717) is 0 Å². The van der Waals surface area contributed by atoms with Gasteiger partial charge in [-0.2, -0.15) is 5.10 Å². The number of hydrogen-bond donors (Lipinski definition) is 0. The molecule has 1 aromatic heterocycles. The number of allylic oxidation sites excluding steroid dienone is 5. The molecular formula is C14H22N2. The molecule has 0 saturated carbocycles. The maximum atomic E-state index is 4.40. The Hall–Kier alpha value is -1.57. The lowest BCUT2D eigenvalue weighted by Gasteiger charge is -2.03. The van der Waals surface area contributed by atoms with Gasteiger partial charge < -0.3 is 0 Å². The number of hydrogen-bond acceptors (Lipinski definition) is 1. The Balaban J connectivity index is 0.00000106. The molecule has 1 heterocycles. The number of rotatable bonds is 3. The predicted octanol–water partition coefficient (Wildman–Crippen LogP) is 4.13. The van der Waals surface area contributed by atoms with Gasteiger partial charge in [-0.05, 0) is 39.0 Å². The standard InChI is InChI=1S/C12H16N2.C2H6/c1-5-7-12(8-6-2)14-11(4)9-10(3)13-14;1-2/h5-9H,1H2,2-4H3;1-2H3/b8-6-,12-7+;. The third-order valence-electron chi connectivity index (χ3n) is 1.88. The molecule has 1 aromatic rings. The molecular weight excluding hydrogens is 196 g/mol. The monoisotopic (exact) mass is 218 g/mol. The number of nitrogens with zero attached hydrogens (tertiary/aromatic N) is 2. The van der Waals surface area contributed by atoms with E-state index in [1.807, 2.05) is 57.5 Å². The van der Waals surface area contributed by atoms with Gasteiger partial charge in [-0.3, -0.25) is 0 Å². The second kappa shape index (κ2) is 7.69. The average molecular weight is 218 g/mol. The van der Waals surface area contributed by atoms with Crippen molar-refractivity contribution < 1.29 is 0 Å². The van der Waals surface area contributed by atoms with Crippen LogP contribution in [0.2, 0.25) is 0 Å². The first-order valence-corrected chi connectivity index (χ1v) is 5.68. The summed E-state index contributed by atoms with van der Waals surface area (Å²) in [6.07, 6.45) is 7.72. The smallest absolute Gasteiger partial charge is 0.0645 e. The highest BCUT2D eigenvalue weighted by Crippen LogP contribution is 2.11. The summed E-state index contributed by atoms with van der Waals surface area (Å²) < 4.78 is 1.91. The van der Waals surface area contributed by atoms with Crippen molar-refractivity contribution in [2.75, 3.05) is 0 Å². The molecule has 0 N–H and O–H groups in total. The van der Waals surface area contributed by atoms with Crippen molar-refractivity contribution in [3.8, 4) is 0 Å². The third kappa shape index (κ3) is 3.89. The third-order valence-corrected chi connectivity index (χ3v) is 1.88. The van der Waals surface area contributed by atoms with Crippen LogP contribution in [0.15, 0.2) is 36.9 Å². The molecule has 0 bridgehead atoms. The summed E-state index contributed by atoms with van der Waals surface area (Å²) in [7, 11) is 0. The van der Waals surface area contributed by atoms with Crippen molar-refractivity contribution >= 4 is 5.70 Å². The van der Waals surface area contributed by atoms with Crippen LogP contribution in [0.4, 0.5) is 0 Å². The molecule has 0 aromatic carbocycles. The minimum atomic E-state index is 1.03. The Morgan fingerprint density at radius 3 is 2.38 bits per heavy atom. The minimum Gasteiger partial charge on any atom is -0.238 e. The number of aryl methyl sites for hydroxylation is 2. The zero-order valence-electron chi connectivity index (χ0n) is 11.0. The van der Waals surface area contributed by atoms with Gasteiger partial charge in [0, 0.05) is 5.69 Å². The summed E-state index contributed by atoms with van der Waals surface area (Å²) in [6, 6.07) is 2.06. The molecule has 0 saturated heterocycles. The van der Waals surface area contributed by atoms with Crippen LogP contribution in [0.3, 0.4) is 0 Å². The predicted molar refractivity (Wildman–Crippen MR) is 72.3 cm³/mol. The summed E-state index contributed by atoms with van der Waals surface area (Å²) in [4.78, 5) is 0. The van der Waals surface area contributed by atoms with Crippen molar-refractivity contribution in [1.29, 1.82) is 0 Å². The summed E-state index contributed by atoms with van der Waals surface area (Å²) >= 11 is 0. The first-order valence-electron chi connectivity index (χ1n) is 5.68. The molecule has 1 rings (SSSR count). The van der Waals surface area contributed by atoms with E-state index < -0.39 is 0 Å². The average Bonchev–Trinajstić information content (AvgIpc) is 2.60. The van der Waals surface area contributed by atoms with Gasteiger partial charge in [0.15, 0.2) is 0 Å². The van der Waals surface area contributed by atoms with Crippen LogP contribution in [0.25, 0.3) is 5.70 Å². The van der Waals surface area contributed by atoms with E-state index in [1.54, 1.807) is 6.08 Å². The van der Waals surface area contributed by atoms with E-state index in [9.17, 15) is 0 Å². The van der Waals surface area contributed by atoms with E-state index in [1.165, 1.54) is 0 Å². The van der Waals surface area contributed by atoms with Crippen LogP contribution in [-0.2, 0) is 0 Å². The minimum absolute atomic E-state index is 1.03. The van der Waals surface area contributed by atoms with Crippen molar-refractivity contribution in [2.24, 2.45) is 0 Å². The largest absolute Gasteiger partial charge is 0.238 e. The second-order valence-electron chi connectivity index (χ2n) is 3.17. The van der Waals surface area contributed by atoms with E-state index in [2.05, 4.69) is 17.7 Å². The van der Waals surface area contributed by atoms with E-state index >= 15 is 0 Å². The highest BCUT2D eigenvalue weighted by molar-refractivity contribution is 5.58. The van der Waals surface area contributed by atoms with Gasteiger partial charge in [-0.15, -0.1) is 0 Å². The molecule has 88 valence electrons. The molecule has 0 amide bonds. The molecule has 0 aliphatic carbocycles. The lowest BCUT2D eigenvalue weighted by molar-refractivity contribution is 0.859. The Bertz CT molecular complexity index is 381. The first-order chi connectivity index (χ1) is 7.69. The quantitative estimate of drug-likeness (QED) is 0.697. The Morgan fingerprint density at radius 1 is 1.38 bits per heavy atom.